The van der Waals surface area contributed by atoms with Gasteiger partial charge in [0.1, 0.15) is 5.75 Å². The molecule has 0 spiro atoms. The molecule has 3 rings (SSSR count). The van der Waals surface area contributed by atoms with E-state index in [1.165, 1.54) is 0 Å². The fourth-order valence-corrected chi connectivity index (χ4v) is 3.70. The van der Waals surface area contributed by atoms with Crippen LogP contribution in [-0.2, 0) is 0 Å². The summed E-state index contributed by atoms with van der Waals surface area (Å²) >= 11 is 0. The molecular formula is C22H29N3O3. The molecule has 6 heteroatoms. The Morgan fingerprint density at radius 2 is 2.11 bits per heavy atom. The topological polar surface area (TPSA) is 73.8 Å². The molecule has 1 aliphatic rings. The first kappa shape index (κ1) is 20.2. The number of urea groups is 1. The summed E-state index contributed by atoms with van der Waals surface area (Å²) in [6.45, 7) is 3.46. The van der Waals surface area contributed by atoms with Crippen molar-refractivity contribution in [2.75, 3.05) is 45.2 Å². The normalized spacial score (nSPS) is 17.1. The van der Waals surface area contributed by atoms with E-state index in [1.54, 1.807) is 7.11 Å². The molecule has 0 aliphatic carbocycles. The van der Waals surface area contributed by atoms with E-state index in [-0.39, 0.29) is 12.6 Å². The minimum atomic E-state index is -0.199. The number of hydrogen-bond donors (Lipinski definition) is 3. The van der Waals surface area contributed by atoms with E-state index >= 15 is 0 Å². The van der Waals surface area contributed by atoms with Gasteiger partial charge in [-0.25, -0.2) is 4.79 Å². The molecule has 2 aromatic rings. The number of methoxy groups -OCH3 is 1. The van der Waals surface area contributed by atoms with Gasteiger partial charge in [-0.15, -0.1) is 0 Å². The predicted octanol–water partition coefficient (Wildman–Crippen LogP) is 3.19. The first-order valence-electron chi connectivity index (χ1n) is 9.81. The number of carbonyl (C=O) groups excluding carboxylic acids is 1. The highest BCUT2D eigenvalue weighted by molar-refractivity contribution is 5.94. The van der Waals surface area contributed by atoms with Crippen LogP contribution in [0.5, 0.6) is 5.75 Å². The number of para-hydroxylation sites is 1. The second-order valence-electron chi connectivity index (χ2n) is 7.15. The first-order valence-corrected chi connectivity index (χ1v) is 9.81. The van der Waals surface area contributed by atoms with Crippen LogP contribution in [0.1, 0.15) is 12.8 Å². The van der Waals surface area contributed by atoms with Crippen molar-refractivity contribution in [3.63, 3.8) is 0 Å². The van der Waals surface area contributed by atoms with Crippen LogP contribution in [0.15, 0.2) is 48.5 Å². The standard InChI is InChI=1S/C22H29N3O3/c1-28-19-8-4-7-18(14-19)20-9-2-3-10-21(20)24-22(27)23-15-17-6-5-11-25(16-17)12-13-26/h2-4,7-10,14,17,26H,5-6,11-13,15-16H2,1H3,(H2,23,24,27)/t17-/m1/s1. The SMILES string of the molecule is COc1cccc(-c2ccccc2NC(=O)NC[C@H]2CCCN(CCO)C2)c1. The number of likely N-dealkylation sites (tertiary alicyclic amines) is 1. The van der Waals surface area contributed by atoms with Gasteiger partial charge in [0, 0.05) is 25.2 Å². The highest BCUT2D eigenvalue weighted by atomic mass is 16.5. The van der Waals surface area contributed by atoms with Crippen molar-refractivity contribution >= 4 is 11.7 Å². The molecule has 28 heavy (non-hydrogen) atoms. The van der Waals surface area contributed by atoms with E-state index in [2.05, 4.69) is 15.5 Å². The highest BCUT2D eigenvalue weighted by Crippen LogP contribution is 2.30. The molecule has 1 aliphatic heterocycles. The number of rotatable bonds is 7. The Morgan fingerprint density at radius 1 is 1.25 bits per heavy atom. The lowest BCUT2D eigenvalue weighted by Gasteiger charge is -2.32. The average molecular weight is 383 g/mol. The van der Waals surface area contributed by atoms with Crippen molar-refractivity contribution < 1.29 is 14.6 Å². The molecular weight excluding hydrogens is 354 g/mol. The molecule has 0 unspecified atom stereocenters. The zero-order chi connectivity index (χ0) is 19.8. The molecule has 0 radical (unpaired) electrons. The van der Waals surface area contributed by atoms with E-state index in [0.717, 1.165) is 48.5 Å². The number of aliphatic hydroxyl groups is 1. The third-order valence-corrected chi connectivity index (χ3v) is 5.13. The number of hydrogen-bond acceptors (Lipinski definition) is 4. The maximum absolute atomic E-state index is 12.5. The molecule has 0 saturated carbocycles. The van der Waals surface area contributed by atoms with Crippen LogP contribution in [0.4, 0.5) is 10.5 Å². The number of nitrogens with zero attached hydrogens (tertiary/aromatic N) is 1. The summed E-state index contributed by atoms with van der Waals surface area (Å²) in [6, 6.07) is 15.3. The number of benzene rings is 2. The number of aliphatic hydroxyl groups excluding tert-OH is 1. The minimum Gasteiger partial charge on any atom is -0.497 e. The summed E-state index contributed by atoms with van der Waals surface area (Å²) in [5, 5.41) is 15.1. The largest absolute Gasteiger partial charge is 0.497 e. The fourth-order valence-electron chi connectivity index (χ4n) is 3.70. The molecule has 1 saturated heterocycles. The molecule has 3 N–H and O–H groups in total. The molecule has 2 aromatic carbocycles. The van der Waals surface area contributed by atoms with Crippen LogP contribution in [0, 0.1) is 5.92 Å². The lowest BCUT2D eigenvalue weighted by molar-refractivity contribution is 0.139. The van der Waals surface area contributed by atoms with Gasteiger partial charge in [0.15, 0.2) is 0 Å². The molecule has 1 atom stereocenters. The summed E-state index contributed by atoms with van der Waals surface area (Å²) in [5.41, 5.74) is 2.70. The van der Waals surface area contributed by atoms with Crippen molar-refractivity contribution in [2.24, 2.45) is 5.92 Å². The molecule has 6 nitrogen and oxygen atoms in total. The zero-order valence-electron chi connectivity index (χ0n) is 16.4. The highest BCUT2D eigenvalue weighted by Gasteiger charge is 2.20. The van der Waals surface area contributed by atoms with Crippen LogP contribution in [0.25, 0.3) is 11.1 Å². The van der Waals surface area contributed by atoms with E-state index in [0.29, 0.717) is 19.0 Å². The van der Waals surface area contributed by atoms with Gasteiger partial charge >= 0.3 is 6.03 Å². The summed E-state index contributed by atoms with van der Waals surface area (Å²) in [6.07, 6.45) is 2.20. The van der Waals surface area contributed by atoms with Crippen LogP contribution in [0.3, 0.4) is 0 Å². The maximum Gasteiger partial charge on any atom is 0.319 e. The molecule has 1 fully saturated rings. The van der Waals surface area contributed by atoms with E-state index < -0.39 is 0 Å². The average Bonchev–Trinajstić information content (AvgIpc) is 2.73. The van der Waals surface area contributed by atoms with Gasteiger partial charge in [-0.1, -0.05) is 30.3 Å². The number of anilines is 1. The van der Waals surface area contributed by atoms with Crippen LogP contribution in [0.2, 0.25) is 0 Å². The summed E-state index contributed by atoms with van der Waals surface area (Å²) in [5.74, 6) is 1.20. The van der Waals surface area contributed by atoms with Gasteiger partial charge in [-0.2, -0.15) is 0 Å². The number of nitrogens with one attached hydrogen (secondary N) is 2. The smallest absolute Gasteiger partial charge is 0.319 e. The molecule has 2 amide bonds. The second kappa shape index (κ2) is 10.1. The molecule has 0 aromatic heterocycles. The van der Waals surface area contributed by atoms with E-state index in [4.69, 9.17) is 9.84 Å². The van der Waals surface area contributed by atoms with E-state index in [1.807, 2.05) is 48.5 Å². The number of carbonyl (C=O) groups is 1. The van der Waals surface area contributed by atoms with Gasteiger partial charge in [-0.05, 0) is 49.1 Å². The lowest BCUT2D eigenvalue weighted by Crippen LogP contribution is -2.42. The number of piperidine rings is 1. The third kappa shape index (κ3) is 5.47. The van der Waals surface area contributed by atoms with Crippen LogP contribution >= 0.6 is 0 Å². The van der Waals surface area contributed by atoms with Crippen molar-refractivity contribution in [3.05, 3.63) is 48.5 Å². The Kier molecular flexibility index (Phi) is 7.28. The monoisotopic (exact) mass is 383 g/mol. The maximum atomic E-state index is 12.5. The first-order chi connectivity index (χ1) is 13.7. The van der Waals surface area contributed by atoms with Crippen molar-refractivity contribution in [1.29, 1.82) is 0 Å². The second-order valence-corrected chi connectivity index (χ2v) is 7.15. The van der Waals surface area contributed by atoms with Gasteiger partial charge < -0.3 is 25.4 Å². The Hall–Kier alpha value is -2.57. The number of β-amino-alcohol motifs (C(OH)–C–C–N with tert-alkyl or cyclic N) is 1. The molecule has 150 valence electrons. The van der Waals surface area contributed by atoms with Gasteiger partial charge in [-0.3, -0.25) is 0 Å². The lowest BCUT2D eigenvalue weighted by atomic mass is 9.98. The fraction of sp³-hybridized carbons (Fsp3) is 0.409. The Labute approximate surface area is 166 Å². The zero-order valence-corrected chi connectivity index (χ0v) is 16.4. The number of ether oxygens (including phenoxy) is 1. The summed E-state index contributed by atoms with van der Waals surface area (Å²) in [4.78, 5) is 14.7. The minimum absolute atomic E-state index is 0.182. The Morgan fingerprint density at radius 3 is 2.93 bits per heavy atom. The van der Waals surface area contributed by atoms with Crippen LogP contribution < -0.4 is 15.4 Å². The third-order valence-electron chi connectivity index (χ3n) is 5.13. The summed E-state index contributed by atoms with van der Waals surface area (Å²) < 4.78 is 5.31. The quantitative estimate of drug-likeness (QED) is 0.687. The van der Waals surface area contributed by atoms with Gasteiger partial charge in [0.25, 0.3) is 0 Å². The van der Waals surface area contributed by atoms with Crippen molar-refractivity contribution in [3.8, 4) is 16.9 Å². The molecule has 0 bridgehead atoms. The van der Waals surface area contributed by atoms with E-state index in [9.17, 15) is 4.79 Å². The predicted molar refractivity (Wildman–Crippen MR) is 112 cm³/mol. The van der Waals surface area contributed by atoms with Crippen molar-refractivity contribution in [1.82, 2.24) is 10.2 Å². The van der Waals surface area contributed by atoms with Gasteiger partial charge in [0.2, 0.25) is 0 Å². The summed E-state index contributed by atoms with van der Waals surface area (Å²) in [7, 11) is 1.64. The number of amides is 2. The molecule has 1 heterocycles. The van der Waals surface area contributed by atoms with Crippen LogP contribution in [-0.4, -0.2) is 55.9 Å². The Bertz CT molecular complexity index is 779. The van der Waals surface area contributed by atoms with Crippen molar-refractivity contribution in [2.45, 2.75) is 12.8 Å². The van der Waals surface area contributed by atoms with Gasteiger partial charge in [0.05, 0.1) is 19.4 Å². The Balaban J connectivity index is 1.60.